The second-order valence-corrected chi connectivity index (χ2v) is 9.03. The molecule has 4 aromatic rings. The van der Waals surface area contributed by atoms with Crippen LogP contribution >= 0.6 is 23.7 Å². The van der Waals surface area contributed by atoms with Crippen molar-refractivity contribution in [3.8, 4) is 10.6 Å². The highest BCUT2D eigenvalue weighted by Crippen LogP contribution is 2.38. The molecule has 1 N–H and O–H groups in total. The van der Waals surface area contributed by atoms with Crippen molar-refractivity contribution >= 4 is 35.2 Å². The fourth-order valence-electron chi connectivity index (χ4n) is 4.55. The van der Waals surface area contributed by atoms with Crippen LogP contribution in [0.1, 0.15) is 35.0 Å². The molecule has 6 rings (SSSR count). The molecule has 0 spiro atoms. The van der Waals surface area contributed by atoms with Crippen LogP contribution < -0.4 is 10.2 Å². The number of anilines is 1. The van der Waals surface area contributed by atoms with Gasteiger partial charge in [-0.1, -0.05) is 0 Å². The zero-order chi connectivity index (χ0) is 20.9. The number of fused-ring (bicyclic) bond motifs is 2. The largest absolute Gasteiger partial charge is 0.349 e. The standard InChI is InChI=1S/C22H20F2N6S.ClH/c23-13-3-4-16(24)14(10-13)18-2-1-8-29(18)20-6-9-30-21(28-20)15(11-26-30)22-27-17-12-25-7-5-19(17)31-22;/h3-4,6,9-11,18,25H,1-2,5,7-8,12H2;1H/t18-;/m1./s1. The highest BCUT2D eigenvalue weighted by Gasteiger charge is 2.30. The van der Waals surface area contributed by atoms with Gasteiger partial charge in [0.1, 0.15) is 22.5 Å². The summed E-state index contributed by atoms with van der Waals surface area (Å²) in [5, 5.41) is 8.72. The van der Waals surface area contributed by atoms with E-state index in [-0.39, 0.29) is 24.3 Å². The van der Waals surface area contributed by atoms with Gasteiger partial charge in [0.15, 0.2) is 5.65 Å². The third kappa shape index (κ3) is 3.54. The summed E-state index contributed by atoms with van der Waals surface area (Å²) >= 11 is 1.70. The first-order chi connectivity index (χ1) is 15.2. The Balaban J connectivity index is 0.00000216. The van der Waals surface area contributed by atoms with Crippen LogP contribution in [0.3, 0.4) is 0 Å². The molecule has 0 saturated carbocycles. The maximum absolute atomic E-state index is 14.5. The van der Waals surface area contributed by atoms with Crippen molar-refractivity contribution in [2.24, 2.45) is 0 Å². The fourth-order valence-corrected chi connectivity index (χ4v) is 5.63. The Hall–Kier alpha value is -2.62. The maximum atomic E-state index is 14.5. The molecule has 1 fully saturated rings. The Kier molecular flexibility index (Phi) is 5.56. The summed E-state index contributed by atoms with van der Waals surface area (Å²) in [6.45, 7) is 2.50. The number of nitrogens with one attached hydrogen (secondary N) is 1. The van der Waals surface area contributed by atoms with E-state index in [1.54, 1.807) is 22.0 Å². The third-order valence-corrected chi connectivity index (χ3v) is 7.24. The lowest BCUT2D eigenvalue weighted by molar-refractivity contribution is 0.560. The Morgan fingerprint density at radius 3 is 2.94 bits per heavy atom. The zero-order valence-electron chi connectivity index (χ0n) is 17.1. The summed E-state index contributed by atoms with van der Waals surface area (Å²) in [4.78, 5) is 13.1. The van der Waals surface area contributed by atoms with Crippen LogP contribution in [0.25, 0.3) is 16.2 Å². The molecule has 32 heavy (non-hydrogen) atoms. The molecule has 3 aromatic heterocycles. The molecule has 1 saturated heterocycles. The number of aromatic nitrogens is 4. The molecule has 0 radical (unpaired) electrons. The predicted octanol–water partition coefficient (Wildman–Crippen LogP) is 4.54. The maximum Gasteiger partial charge on any atom is 0.167 e. The Morgan fingerprint density at radius 2 is 2.06 bits per heavy atom. The van der Waals surface area contributed by atoms with Gasteiger partial charge in [-0.15, -0.1) is 23.7 Å². The molecule has 2 aliphatic heterocycles. The van der Waals surface area contributed by atoms with Crippen LogP contribution in [-0.4, -0.2) is 32.7 Å². The molecule has 166 valence electrons. The number of benzene rings is 1. The van der Waals surface area contributed by atoms with E-state index in [2.05, 4.69) is 15.3 Å². The first-order valence-corrected chi connectivity index (χ1v) is 11.2. The number of hydrogen-bond donors (Lipinski definition) is 1. The van der Waals surface area contributed by atoms with Crippen molar-refractivity contribution in [3.63, 3.8) is 0 Å². The van der Waals surface area contributed by atoms with Crippen molar-refractivity contribution in [1.82, 2.24) is 24.9 Å². The van der Waals surface area contributed by atoms with E-state index in [1.165, 1.54) is 17.0 Å². The van der Waals surface area contributed by atoms with Gasteiger partial charge in [-0.3, -0.25) is 0 Å². The molecule has 0 amide bonds. The van der Waals surface area contributed by atoms with Gasteiger partial charge in [-0.2, -0.15) is 5.10 Å². The molecule has 1 aromatic carbocycles. The summed E-state index contributed by atoms with van der Waals surface area (Å²) in [7, 11) is 0. The Labute approximate surface area is 193 Å². The molecule has 0 bridgehead atoms. The van der Waals surface area contributed by atoms with Crippen LogP contribution in [0, 0.1) is 11.6 Å². The number of rotatable bonds is 3. The minimum atomic E-state index is -0.424. The molecule has 2 aliphatic rings. The molecular formula is C22H21ClF2N6S. The Bertz CT molecular complexity index is 1270. The van der Waals surface area contributed by atoms with Crippen LogP contribution in [0.2, 0.25) is 0 Å². The average Bonchev–Trinajstić information content (AvgIpc) is 3.52. The van der Waals surface area contributed by atoms with Crippen molar-refractivity contribution in [3.05, 3.63) is 64.4 Å². The highest BCUT2D eigenvalue weighted by molar-refractivity contribution is 7.15. The summed E-state index contributed by atoms with van der Waals surface area (Å²) in [6, 6.07) is 5.30. The quantitative estimate of drug-likeness (QED) is 0.472. The molecule has 1 atom stereocenters. The highest BCUT2D eigenvalue weighted by atomic mass is 35.5. The van der Waals surface area contributed by atoms with Gasteiger partial charge < -0.3 is 10.2 Å². The van der Waals surface area contributed by atoms with E-state index in [1.807, 2.05) is 12.3 Å². The van der Waals surface area contributed by atoms with E-state index in [0.29, 0.717) is 5.56 Å². The smallest absolute Gasteiger partial charge is 0.167 e. The normalized spacial score (nSPS) is 18.1. The zero-order valence-corrected chi connectivity index (χ0v) is 18.7. The SMILES string of the molecule is Cl.Fc1ccc(F)c([C@H]2CCCN2c2ccn3ncc(-c4nc5c(s4)CCNC5)c3n2)c1. The van der Waals surface area contributed by atoms with E-state index < -0.39 is 5.82 Å². The molecule has 0 unspecified atom stereocenters. The van der Waals surface area contributed by atoms with Gasteiger partial charge in [0, 0.05) is 36.3 Å². The second kappa shape index (κ2) is 8.38. The third-order valence-electron chi connectivity index (χ3n) is 6.05. The van der Waals surface area contributed by atoms with Crippen molar-refractivity contribution in [2.75, 3.05) is 18.0 Å². The van der Waals surface area contributed by atoms with Gasteiger partial charge in [0.25, 0.3) is 0 Å². The monoisotopic (exact) mass is 474 g/mol. The summed E-state index contributed by atoms with van der Waals surface area (Å²) in [5.74, 6) is -0.0678. The number of halogens is 3. The van der Waals surface area contributed by atoms with Gasteiger partial charge in [0.05, 0.1) is 23.5 Å². The lowest BCUT2D eigenvalue weighted by Gasteiger charge is -2.26. The first-order valence-electron chi connectivity index (χ1n) is 10.4. The van der Waals surface area contributed by atoms with Gasteiger partial charge in [-0.05, 0) is 43.5 Å². The van der Waals surface area contributed by atoms with E-state index in [0.717, 1.165) is 72.7 Å². The van der Waals surface area contributed by atoms with Gasteiger partial charge >= 0.3 is 0 Å². The first kappa shape index (κ1) is 21.2. The van der Waals surface area contributed by atoms with Crippen LogP contribution in [-0.2, 0) is 13.0 Å². The predicted molar refractivity (Wildman–Crippen MR) is 122 cm³/mol. The second-order valence-electron chi connectivity index (χ2n) is 7.95. The summed E-state index contributed by atoms with van der Waals surface area (Å²) < 4.78 is 30.0. The van der Waals surface area contributed by atoms with E-state index in [9.17, 15) is 8.78 Å². The van der Waals surface area contributed by atoms with E-state index >= 15 is 0 Å². The van der Waals surface area contributed by atoms with Crippen molar-refractivity contribution in [2.45, 2.75) is 31.8 Å². The van der Waals surface area contributed by atoms with Crippen LogP contribution in [0.5, 0.6) is 0 Å². The number of nitrogens with zero attached hydrogens (tertiary/aromatic N) is 5. The number of thiazole rings is 1. The summed E-state index contributed by atoms with van der Waals surface area (Å²) in [5.41, 5.74) is 3.10. The van der Waals surface area contributed by atoms with Crippen LogP contribution in [0.15, 0.2) is 36.7 Å². The molecule has 5 heterocycles. The summed E-state index contributed by atoms with van der Waals surface area (Å²) in [6.07, 6.45) is 6.31. The lowest BCUT2D eigenvalue weighted by Crippen LogP contribution is -2.24. The molecule has 10 heteroatoms. The number of hydrogen-bond acceptors (Lipinski definition) is 6. The van der Waals surface area contributed by atoms with Crippen molar-refractivity contribution < 1.29 is 8.78 Å². The van der Waals surface area contributed by atoms with Gasteiger partial charge in [-0.25, -0.2) is 23.3 Å². The molecule has 0 aliphatic carbocycles. The Morgan fingerprint density at radius 1 is 1.16 bits per heavy atom. The molecular weight excluding hydrogens is 454 g/mol. The average molecular weight is 475 g/mol. The topological polar surface area (TPSA) is 58.4 Å². The van der Waals surface area contributed by atoms with Gasteiger partial charge in [0.2, 0.25) is 0 Å². The minimum absolute atomic E-state index is 0. The van der Waals surface area contributed by atoms with E-state index in [4.69, 9.17) is 9.97 Å². The lowest BCUT2D eigenvalue weighted by atomic mass is 10.0. The van der Waals surface area contributed by atoms with Crippen LogP contribution in [0.4, 0.5) is 14.6 Å². The minimum Gasteiger partial charge on any atom is -0.349 e. The fraction of sp³-hybridized carbons (Fsp3) is 0.318. The van der Waals surface area contributed by atoms with Crippen molar-refractivity contribution in [1.29, 1.82) is 0 Å². The molecule has 6 nitrogen and oxygen atoms in total.